The van der Waals surface area contributed by atoms with E-state index in [0.29, 0.717) is 0 Å². The lowest BCUT2D eigenvalue weighted by Gasteiger charge is -2.07. The van der Waals surface area contributed by atoms with Gasteiger partial charge in [0, 0.05) is 24.9 Å². The van der Waals surface area contributed by atoms with Crippen LogP contribution in [0.2, 0.25) is 0 Å². The molecule has 0 bridgehead atoms. The average Bonchev–Trinajstić information content (AvgIpc) is 2.53. The molecule has 12 heavy (non-hydrogen) atoms. The Morgan fingerprint density at radius 2 is 2.50 bits per heavy atom. The van der Waals surface area contributed by atoms with Crippen LogP contribution in [0.3, 0.4) is 0 Å². The lowest BCUT2D eigenvalue weighted by molar-refractivity contribution is 0.564. The Labute approximate surface area is 73.4 Å². The van der Waals surface area contributed by atoms with Gasteiger partial charge in [-0.25, -0.2) is 4.98 Å². The maximum atomic E-state index is 5.89. The second kappa shape index (κ2) is 4.93. The van der Waals surface area contributed by atoms with Crippen molar-refractivity contribution in [2.24, 2.45) is 5.73 Å². The Balaban J connectivity index is 2.22. The molecule has 1 atom stereocenters. The minimum Gasteiger partial charge on any atom is -0.349 e. The molecule has 1 unspecified atom stereocenters. The highest BCUT2D eigenvalue weighted by Crippen LogP contribution is 2.02. The van der Waals surface area contributed by atoms with Gasteiger partial charge in [0.2, 0.25) is 0 Å². The highest BCUT2D eigenvalue weighted by Gasteiger charge is 2.04. The van der Waals surface area contributed by atoms with E-state index in [1.165, 1.54) is 12.8 Å². The van der Waals surface area contributed by atoms with E-state index < -0.39 is 0 Å². The van der Waals surface area contributed by atoms with Crippen molar-refractivity contribution in [3.63, 3.8) is 0 Å². The zero-order valence-corrected chi connectivity index (χ0v) is 7.59. The Bertz CT molecular complexity index is 194. The number of aromatic amines is 1. The molecule has 0 spiro atoms. The van der Waals surface area contributed by atoms with Crippen LogP contribution in [0.5, 0.6) is 0 Å². The van der Waals surface area contributed by atoms with Crippen LogP contribution < -0.4 is 5.73 Å². The smallest absolute Gasteiger partial charge is 0.107 e. The number of nitrogens with zero attached hydrogens (tertiary/aromatic N) is 1. The van der Waals surface area contributed by atoms with E-state index in [2.05, 4.69) is 16.9 Å². The van der Waals surface area contributed by atoms with Crippen molar-refractivity contribution in [1.29, 1.82) is 0 Å². The molecule has 0 saturated carbocycles. The normalized spacial score (nSPS) is 13.2. The minimum absolute atomic E-state index is 0.260. The first-order valence-corrected chi connectivity index (χ1v) is 4.56. The van der Waals surface area contributed by atoms with Crippen molar-refractivity contribution >= 4 is 0 Å². The molecule has 0 amide bonds. The van der Waals surface area contributed by atoms with Gasteiger partial charge in [-0.15, -0.1) is 0 Å². The number of unbranched alkanes of at least 4 members (excludes halogenated alkanes) is 1. The summed E-state index contributed by atoms with van der Waals surface area (Å²) in [5.74, 6) is 0.999. The van der Waals surface area contributed by atoms with E-state index in [9.17, 15) is 0 Å². The van der Waals surface area contributed by atoms with Gasteiger partial charge in [0.1, 0.15) is 5.82 Å². The van der Waals surface area contributed by atoms with Crippen molar-refractivity contribution in [3.05, 3.63) is 18.2 Å². The molecule has 0 saturated heterocycles. The quantitative estimate of drug-likeness (QED) is 0.697. The molecule has 0 aliphatic rings. The second-order valence-corrected chi connectivity index (χ2v) is 3.14. The molecule has 0 aliphatic carbocycles. The molecule has 1 aromatic heterocycles. The largest absolute Gasteiger partial charge is 0.349 e. The molecule has 0 radical (unpaired) electrons. The summed E-state index contributed by atoms with van der Waals surface area (Å²) in [7, 11) is 0. The number of imidazole rings is 1. The van der Waals surface area contributed by atoms with Crippen LogP contribution in [0.1, 0.15) is 32.0 Å². The van der Waals surface area contributed by atoms with Gasteiger partial charge in [-0.2, -0.15) is 0 Å². The fraction of sp³-hybridized carbons (Fsp3) is 0.667. The first-order chi connectivity index (χ1) is 5.83. The van der Waals surface area contributed by atoms with E-state index in [-0.39, 0.29) is 6.04 Å². The van der Waals surface area contributed by atoms with Crippen LogP contribution in [-0.2, 0) is 6.42 Å². The molecule has 3 N–H and O–H groups in total. The topological polar surface area (TPSA) is 54.7 Å². The molecular weight excluding hydrogens is 150 g/mol. The third kappa shape index (κ3) is 3.05. The van der Waals surface area contributed by atoms with Crippen LogP contribution in [0.4, 0.5) is 0 Å². The molecule has 1 heterocycles. The van der Waals surface area contributed by atoms with E-state index in [0.717, 1.165) is 18.7 Å². The summed E-state index contributed by atoms with van der Waals surface area (Å²) < 4.78 is 0. The van der Waals surface area contributed by atoms with E-state index in [1.807, 2.05) is 6.20 Å². The average molecular weight is 167 g/mol. The predicted octanol–water partition coefficient (Wildman–Crippen LogP) is 1.47. The highest BCUT2D eigenvalue weighted by molar-refractivity contribution is 4.90. The van der Waals surface area contributed by atoms with Gasteiger partial charge in [0.15, 0.2) is 0 Å². The van der Waals surface area contributed by atoms with Crippen molar-refractivity contribution in [2.45, 2.75) is 38.6 Å². The lowest BCUT2D eigenvalue weighted by Crippen LogP contribution is -2.23. The Morgan fingerprint density at radius 3 is 3.08 bits per heavy atom. The lowest BCUT2D eigenvalue weighted by atomic mass is 10.1. The van der Waals surface area contributed by atoms with Gasteiger partial charge in [-0.1, -0.05) is 19.8 Å². The predicted molar refractivity (Wildman–Crippen MR) is 49.8 cm³/mol. The van der Waals surface area contributed by atoms with Gasteiger partial charge in [-0.05, 0) is 6.42 Å². The summed E-state index contributed by atoms with van der Waals surface area (Å²) >= 11 is 0. The number of aromatic nitrogens is 2. The zero-order valence-electron chi connectivity index (χ0n) is 7.59. The van der Waals surface area contributed by atoms with Crippen LogP contribution in [-0.4, -0.2) is 16.0 Å². The van der Waals surface area contributed by atoms with E-state index in [1.54, 1.807) is 6.20 Å². The molecule has 68 valence electrons. The van der Waals surface area contributed by atoms with Crippen molar-refractivity contribution in [1.82, 2.24) is 9.97 Å². The van der Waals surface area contributed by atoms with Crippen molar-refractivity contribution < 1.29 is 0 Å². The molecule has 1 rings (SSSR count). The summed E-state index contributed by atoms with van der Waals surface area (Å²) in [5.41, 5.74) is 5.89. The summed E-state index contributed by atoms with van der Waals surface area (Å²) in [6.07, 6.45) is 7.99. The first kappa shape index (κ1) is 9.26. The van der Waals surface area contributed by atoms with Crippen LogP contribution in [0.25, 0.3) is 0 Å². The van der Waals surface area contributed by atoms with Gasteiger partial charge in [0.05, 0.1) is 0 Å². The maximum Gasteiger partial charge on any atom is 0.107 e. The van der Waals surface area contributed by atoms with Crippen LogP contribution in [0, 0.1) is 0 Å². The number of rotatable bonds is 5. The number of nitrogens with one attached hydrogen (secondary N) is 1. The fourth-order valence-corrected chi connectivity index (χ4v) is 1.23. The highest BCUT2D eigenvalue weighted by atomic mass is 14.9. The number of H-pyrrole nitrogens is 1. The first-order valence-electron chi connectivity index (χ1n) is 4.56. The zero-order chi connectivity index (χ0) is 8.81. The minimum atomic E-state index is 0.260. The van der Waals surface area contributed by atoms with Gasteiger partial charge in [-0.3, -0.25) is 0 Å². The SMILES string of the molecule is CCCCC(N)Cc1ncc[nH]1. The summed E-state index contributed by atoms with van der Waals surface area (Å²) in [6, 6.07) is 0.260. The summed E-state index contributed by atoms with van der Waals surface area (Å²) in [6.45, 7) is 2.18. The molecule has 1 aromatic rings. The Hall–Kier alpha value is -0.830. The number of hydrogen-bond acceptors (Lipinski definition) is 2. The third-order valence-electron chi connectivity index (χ3n) is 1.94. The van der Waals surface area contributed by atoms with Gasteiger partial charge >= 0.3 is 0 Å². The van der Waals surface area contributed by atoms with Crippen LogP contribution in [0.15, 0.2) is 12.4 Å². The summed E-state index contributed by atoms with van der Waals surface area (Å²) in [4.78, 5) is 7.18. The monoisotopic (exact) mass is 167 g/mol. The number of hydrogen-bond donors (Lipinski definition) is 2. The van der Waals surface area contributed by atoms with E-state index in [4.69, 9.17) is 5.73 Å². The van der Waals surface area contributed by atoms with Gasteiger partial charge < -0.3 is 10.7 Å². The van der Waals surface area contributed by atoms with Gasteiger partial charge in [0.25, 0.3) is 0 Å². The third-order valence-corrected chi connectivity index (χ3v) is 1.94. The molecule has 0 fully saturated rings. The molecule has 3 heteroatoms. The molecule has 0 aromatic carbocycles. The molecule has 3 nitrogen and oxygen atoms in total. The maximum absolute atomic E-state index is 5.89. The second-order valence-electron chi connectivity index (χ2n) is 3.14. The van der Waals surface area contributed by atoms with E-state index >= 15 is 0 Å². The standard InChI is InChI=1S/C9H17N3/c1-2-3-4-8(10)7-9-11-5-6-12-9/h5-6,8H,2-4,7,10H2,1H3,(H,11,12). The molecule has 0 aliphatic heterocycles. The Kier molecular flexibility index (Phi) is 3.80. The number of nitrogens with two attached hydrogens (primary N) is 1. The summed E-state index contributed by atoms with van der Waals surface area (Å²) in [5, 5.41) is 0. The van der Waals surface area contributed by atoms with Crippen LogP contribution >= 0.6 is 0 Å². The van der Waals surface area contributed by atoms with Crippen molar-refractivity contribution in [3.8, 4) is 0 Å². The fourth-order valence-electron chi connectivity index (χ4n) is 1.23. The Morgan fingerprint density at radius 1 is 1.67 bits per heavy atom. The molecular formula is C9H17N3. The van der Waals surface area contributed by atoms with Crippen molar-refractivity contribution in [2.75, 3.05) is 0 Å².